The quantitative estimate of drug-likeness (QED) is 0.799. The molecular formula is C12H20N2O. The second-order valence-corrected chi connectivity index (χ2v) is 3.69. The second kappa shape index (κ2) is 5.73. The van der Waals surface area contributed by atoms with Gasteiger partial charge in [-0.15, -0.1) is 0 Å². The zero-order valence-electron chi connectivity index (χ0n) is 9.73. The van der Waals surface area contributed by atoms with E-state index in [4.69, 9.17) is 10.5 Å². The van der Waals surface area contributed by atoms with E-state index in [0.717, 1.165) is 11.3 Å². The van der Waals surface area contributed by atoms with Crippen LogP contribution in [0.2, 0.25) is 0 Å². The van der Waals surface area contributed by atoms with Crippen LogP contribution < -0.4 is 10.5 Å². The minimum absolute atomic E-state index is 0.216. The molecule has 3 heteroatoms. The highest BCUT2D eigenvalue weighted by Crippen LogP contribution is 2.27. The van der Waals surface area contributed by atoms with Gasteiger partial charge < -0.3 is 15.4 Å². The molecule has 1 aromatic rings. The van der Waals surface area contributed by atoms with Crippen LogP contribution >= 0.6 is 0 Å². The summed E-state index contributed by atoms with van der Waals surface area (Å²) < 4.78 is 5.59. The number of benzene rings is 1. The van der Waals surface area contributed by atoms with Crippen LogP contribution in [0, 0.1) is 0 Å². The average molecular weight is 208 g/mol. The molecule has 15 heavy (non-hydrogen) atoms. The first-order valence-corrected chi connectivity index (χ1v) is 5.29. The van der Waals surface area contributed by atoms with E-state index in [2.05, 4.69) is 11.0 Å². The Morgan fingerprint density at radius 2 is 2.00 bits per heavy atom. The lowest BCUT2D eigenvalue weighted by Crippen LogP contribution is -2.27. The fourth-order valence-corrected chi connectivity index (χ4v) is 1.66. The molecule has 0 aromatic heterocycles. The Labute approximate surface area is 91.8 Å². The van der Waals surface area contributed by atoms with E-state index < -0.39 is 0 Å². The van der Waals surface area contributed by atoms with Crippen LogP contribution in [0.1, 0.15) is 18.5 Å². The maximum atomic E-state index is 5.77. The number of ether oxygens (including phenoxy) is 1. The fourth-order valence-electron chi connectivity index (χ4n) is 1.66. The van der Waals surface area contributed by atoms with Gasteiger partial charge in [0.25, 0.3) is 0 Å². The molecule has 0 radical (unpaired) electrons. The van der Waals surface area contributed by atoms with Crippen molar-refractivity contribution in [1.82, 2.24) is 4.90 Å². The third-order valence-corrected chi connectivity index (χ3v) is 2.42. The summed E-state index contributed by atoms with van der Waals surface area (Å²) in [5.41, 5.74) is 6.93. The third-order valence-electron chi connectivity index (χ3n) is 2.42. The predicted octanol–water partition coefficient (Wildman–Crippen LogP) is 1.65. The van der Waals surface area contributed by atoms with Crippen LogP contribution in [0.4, 0.5) is 0 Å². The van der Waals surface area contributed by atoms with Crippen LogP contribution in [0.25, 0.3) is 0 Å². The molecule has 84 valence electrons. The first kappa shape index (κ1) is 12.0. The van der Waals surface area contributed by atoms with E-state index in [-0.39, 0.29) is 6.04 Å². The Morgan fingerprint density at radius 1 is 1.33 bits per heavy atom. The van der Waals surface area contributed by atoms with Crippen molar-refractivity contribution in [3.8, 4) is 5.75 Å². The number of likely N-dealkylation sites (N-methyl/N-ethyl adjacent to an activating group) is 1. The van der Waals surface area contributed by atoms with Crippen molar-refractivity contribution >= 4 is 0 Å². The second-order valence-electron chi connectivity index (χ2n) is 3.69. The van der Waals surface area contributed by atoms with Gasteiger partial charge in [0.2, 0.25) is 0 Å². The van der Waals surface area contributed by atoms with Crippen molar-refractivity contribution in [3.63, 3.8) is 0 Å². The van der Waals surface area contributed by atoms with Gasteiger partial charge in [0, 0.05) is 12.1 Å². The number of nitrogens with two attached hydrogens (primary N) is 1. The summed E-state index contributed by atoms with van der Waals surface area (Å²) in [7, 11) is 4.06. The SMILES string of the molecule is CCOc1ccccc1[C@H](CN)N(C)C. The molecule has 0 aliphatic rings. The zero-order chi connectivity index (χ0) is 11.3. The molecule has 0 heterocycles. The maximum absolute atomic E-state index is 5.77. The van der Waals surface area contributed by atoms with E-state index >= 15 is 0 Å². The predicted molar refractivity (Wildman–Crippen MR) is 63.1 cm³/mol. The van der Waals surface area contributed by atoms with Gasteiger partial charge in [-0.05, 0) is 27.1 Å². The van der Waals surface area contributed by atoms with Crippen LogP contribution in [0.15, 0.2) is 24.3 Å². The van der Waals surface area contributed by atoms with Crippen molar-refractivity contribution in [3.05, 3.63) is 29.8 Å². The van der Waals surface area contributed by atoms with Crippen molar-refractivity contribution in [2.45, 2.75) is 13.0 Å². The number of nitrogens with zero attached hydrogens (tertiary/aromatic N) is 1. The number of hydrogen-bond acceptors (Lipinski definition) is 3. The zero-order valence-corrected chi connectivity index (χ0v) is 9.73. The van der Waals surface area contributed by atoms with Crippen molar-refractivity contribution in [2.24, 2.45) is 5.73 Å². The molecule has 0 saturated carbocycles. The van der Waals surface area contributed by atoms with Crippen molar-refractivity contribution in [1.29, 1.82) is 0 Å². The van der Waals surface area contributed by atoms with Gasteiger partial charge in [0.1, 0.15) is 5.75 Å². The number of para-hydroxylation sites is 1. The van der Waals surface area contributed by atoms with Gasteiger partial charge in [-0.3, -0.25) is 0 Å². The Kier molecular flexibility index (Phi) is 4.59. The average Bonchev–Trinajstić information content (AvgIpc) is 2.21. The summed E-state index contributed by atoms with van der Waals surface area (Å²) in [6.45, 7) is 3.27. The molecule has 1 rings (SSSR count). The van der Waals surface area contributed by atoms with E-state index in [9.17, 15) is 0 Å². The molecule has 2 N–H and O–H groups in total. The summed E-state index contributed by atoms with van der Waals surface area (Å²) in [6.07, 6.45) is 0. The third kappa shape index (κ3) is 2.94. The molecule has 0 aliphatic heterocycles. The smallest absolute Gasteiger partial charge is 0.124 e. The first-order valence-electron chi connectivity index (χ1n) is 5.29. The van der Waals surface area contributed by atoms with Crippen molar-refractivity contribution in [2.75, 3.05) is 27.2 Å². The molecule has 0 amide bonds. The highest BCUT2D eigenvalue weighted by Gasteiger charge is 2.15. The minimum Gasteiger partial charge on any atom is -0.494 e. The highest BCUT2D eigenvalue weighted by atomic mass is 16.5. The van der Waals surface area contributed by atoms with E-state index in [1.807, 2.05) is 39.2 Å². The normalized spacial score (nSPS) is 12.9. The molecule has 1 atom stereocenters. The largest absolute Gasteiger partial charge is 0.494 e. The Balaban J connectivity index is 2.99. The van der Waals surface area contributed by atoms with Crippen LogP contribution in [-0.4, -0.2) is 32.1 Å². The molecule has 0 spiro atoms. The summed E-state index contributed by atoms with van der Waals surface area (Å²) >= 11 is 0. The Morgan fingerprint density at radius 3 is 2.53 bits per heavy atom. The summed E-state index contributed by atoms with van der Waals surface area (Å²) in [4.78, 5) is 2.11. The molecule has 0 fully saturated rings. The standard InChI is InChI=1S/C12H20N2O/c1-4-15-12-8-6-5-7-10(12)11(9-13)14(2)3/h5-8,11H,4,9,13H2,1-3H3/t11-/m0/s1. The molecule has 1 aromatic carbocycles. The Bertz CT molecular complexity index is 299. The maximum Gasteiger partial charge on any atom is 0.124 e. The summed E-state index contributed by atoms with van der Waals surface area (Å²) in [5, 5.41) is 0. The molecule has 3 nitrogen and oxygen atoms in total. The lowest BCUT2D eigenvalue weighted by Gasteiger charge is -2.25. The summed E-state index contributed by atoms with van der Waals surface area (Å²) in [5.74, 6) is 0.934. The molecular weight excluding hydrogens is 188 g/mol. The van der Waals surface area contributed by atoms with Gasteiger partial charge in [0.05, 0.1) is 12.6 Å². The lowest BCUT2D eigenvalue weighted by molar-refractivity contribution is 0.283. The van der Waals surface area contributed by atoms with E-state index in [1.165, 1.54) is 0 Å². The molecule has 0 unspecified atom stereocenters. The van der Waals surface area contributed by atoms with Gasteiger partial charge in [-0.25, -0.2) is 0 Å². The minimum atomic E-state index is 0.216. The van der Waals surface area contributed by atoms with Crippen LogP contribution in [0.5, 0.6) is 5.75 Å². The van der Waals surface area contributed by atoms with Gasteiger partial charge in [-0.1, -0.05) is 18.2 Å². The number of hydrogen-bond donors (Lipinski definition) is 1. The fraction of sp³-hybridized carbons (Fsp3) is 0.500. The van der Waals surface area contributed by atoms with Crippen LogP contribution in [0.3, 0.4) is 0 Å². The lowest BCUT2D eigenvalue weighted by atomic mass is 10.1. The van der Waals surface area contributed by atoms with Gasteiger partial charge in [0.15, 0.2) is 0 Å². The summed E-state index contributed by atoms with van der Waals surface area (Å²) in [6, 6.07) is 8.28. The monoisotopic (exact) mass is 208 g/mol. The topological polar surface area (TPSA) is 38.5 Å². The van der Waals surface area contributed by atoms with E-state index in [0.29, 0.717) is 13.2 Å². The van der Waals surface area contributed by atoms with E-state index in [1.54, 1.807) is 0 Å². The van der Waals surface area contributed by atoms with Crippen LogP contribution in [-0.2, 0) is 0 Å². The molecule has 0 saturated heterocycles. The van der Waals surface area contributed by atoms with Crippen molar-refractivity contribution < 1.29 is 4.74 Å². The van der Waals surface area contributed by atoms with Gasteiger partial charge in [-0.2, -0.15) is 0 Å². The van der Waals surface area contributed by atoms with Gasteiger partial charge >= 0.3 is 0 Å². The highest BCUT2D eigenvalue weighted by molar-refractivity contribution is 5.36. The molecule has 0 bridgehead atoms. The molecule has 0 aliphatic carbocycles. The first-order chi connectivity index (χ1) is 7.20. The number of rotatable bonds is 5. The Hall–Kier alpha value is -1.06.